The minimum atomic E-state index is -1.04. The van der Waals surface area contributed by atoms with E-state index in [4.69, 9.17) is 0 Å². The largest absolute Gasteiger partial charge is 0.507 e. The van der Waals surface area contributed by atoms with Gasteiger partial charge in [0.2, 0.25) is 11.5 Å². The highest BCUT2D eigenvalue weighted by molar-refractivity contribution is 6.01. The van der Waals surface area contributed by atoms with Crippen LogP contribution in [-0.2, 0) is 0 Å². The van der Waals surface area contributed by atoms with Crippen molar-refractivity contribution in [2.24, 2.45) is 0 Å². The number of carbonyl (C=O) groups excluding carboxylic acids is 1. The van der Waals surface area contributed by atoms with Gasteiger partial charge in [0.15, 0.2) is 0 Å². The molecule has 0 spiro atoms. The summed E-state index contributed by atoms with van der Waals surface area (Å²) in [5.41, 5.74) is -1.60. The Morgan fingerprint density at radius 3 is 1.86 bits per heavy atom. The Bertz CT molecular complexity index is 663. The topological polar surface area (TPSA) is 133 Å². The molecule has 0 radical (unpaired) electrons. The van der Waals surface area contributed by atoms with Crippen molar-refractivity contribution in [3.63, 3.8) is 0 Å². The van der Waals surface area contributed by atoms with E-state index < -0.39 is 39.3 Å². The highest BCUT2D eigenvalue weighted by Crippen LogP contribution is 2.42. The van der Waals surface area contributed by atoms with Gasteiger partial charge in [-0.1, -0.05) is 77.6 Å². The van der Waals surface area contributed by atoms with Crippen molar-refractivity contribution in [1.29, 1.82) is 0 Å². The van der Waals surface area contributed by atoms with Crippen LogP contribution in [0.2, 0.25) is 0 Å². The zero-order valence-electron chi connectivity index (χ0n) is 17.3. The molecular formula is C21H34N2O6. The number of nitrogens with one attached hydrogen (secondary N) is 1. The Kier molecular flexibility index (Phi) is 11.5. The Balaban J connectivity index is 2.22. The lowest BCUT2D eigenvalue weighted by Crippen LogP contribution is -2.24. The lowest BCUT2D eigenvalue weighted by Gasteiger charge is -2.09. The lowest BCUT2D eigenvalue weighted by atomic mass is 10.1. The summed E-state index contributed by atoms with van der Waals surface area (Å²) >= 11 is 0. The second-order valence-corrected chi connectivity index (χ2v) is 7.39. The zero-order valence-corrected chi connectivity index (χ0v) is 17.3. The van der Waals surface area contributed by atoms with E-state index in [0.29, 0.717) is 12.6 Å². The van der Waals surface area contributed by atoms with Gasteiger partial charge >= 0.3 is 5.69 Å². The van der Waals surface area contributed by atoms with Gasteiger partial charge in [-0.15, -0.1) is 0 Å². The van der Waals surface area contributed by atoms with Crippen LogP contribution in [0.4, 0.5) is 5.69 Å². The van der Waals surface area contributed by atoms with Crippen LogP contribution in [0, 0.1) is 10.1 Å². The first kappa shape index (κ1) is 24.5. The molecule has 0 aliphatic heterocycles. The first-order chi connectivity index (χ1) is 13.9. The molecule has 8 heteroatoms. The SMILES string of the molecule is CCCCCCCCCCCCCCNC(=O)c1c(O)cc(O)c([N+](=O)[O-])c1O. The smallest absolute Gasteiger partial charge is 0.353 e. The number of nitrogens with zero attached hydrogens (tertiary/aromatic N) is 1. The Hall–Kier alpha value is -2.51. The predicted octanol–water partition coefficient (Wildman–Crippen LogP) is 5.14. The molecule has 0 aliphatic rings. The summed E-state index contributed by atoms with van der Waals surface area (Å²) in [5.74, 6) is -3.47. The first-order valence-electron chi connectivity index (χ1n) is 10.6. The Morgan fingerprint density at radius 2 is 1.38 bits per heavy atom. The number of hydrogen-bond acceptors (Lipinski definition) is 6. The molecule has 29 heavy (non-hydrogen) atoms. The van der Waals surface area contributed by atoms with Crippen LogP contribution in [0.3, 0.4) is 0 Å². The molecule has 0 aliphatic carbocycles. The number of rotatable bonds is 15. The normalized spacial score (nSPS) is 10.8. The molecule has 0 saturated carbocycles. The van der Waals surface area contributed by atoms with E-state index in [0.717, 1.165) is 25.7 Å². The van der Waals surface area contributed by atoms with Crippen LogP contribution in [-0.4, -0.2) is 32.7 Å². The molecule has 1 aromatic carbocycles. The summed E-state index contributed by atoms with van der Waals surface area (Å²) in [5, 5.41) is 42.5. The number of unbranched alkanes of at least 4 members (excludes halogenated alkanes) is 11. The number of benzene rings is 1. The second-order valence-electron chi connectivity index (χ2n) is 7.39. The molecule has 0 saturated heterocycles. The highest BCUT2D eigenvalue weighted by Gasteiger charge is 2.29. The second kappa shape index (κ2) is 13.6. The highest BCUT2D eigenvalue weighted by atomic mass is 16.6. The van der Waals surface area contributed by atoms with Gasteiger partial charge in [0.1, 0.15) is 11.3 Å². The third kappa shape index (κ3) is 8.58. The van der Waals surface area contributed by atoms with Crippen molar-refractivity contribution in [3.05, 3.63) is 21.7 Å². The fourth-order valence-electron chi connectivity index (χ4n) is 3.29. The van der Waals surface area contributed by atoms with Gasteiger partial charge in [-0.05, 0) is 6.42 Å². The summed E-state index contributed by atoms with van der Waals surface area (Å²) in [6, 6.07) is 0.677. The monoisotopic (exact) mass is 410 g/mol. The molecule has 8 nitrogen and oxygen atoms in total. The molecular weight excluding hydrogens is 376 g/mol. The number of nitro benzene ring substituents is 1. The molecule has 164 valence electrons. The van der Waals surface area contributed by atoms with Crippen LogP contribution in [0.1, 0.15) is 94.3 Å². The predicted molar refractivity (Wildman–Crippen MR) is 112 cm³/mol. The van der Waals surface area contributed by atoms with Crippen molar-refractivity contribution in [2.45, 2.75) is 84.0 Å². The molecule has 0 unspecified atom stereocenters. The minimum absolute atomic E-state index is 0.337. The van der Waals surface area contributed by atoms with Crippen molar-refractivity contribution in [2.75, 3.05) is 6.54 Å². The van der Waals surface area contributed by atoms with E-state index >= 15 is 0 Å². The van der Waals surface area contributed by atoms with Gasteiger partial charge in [-0.3, -0.25) is 14.9 Å². The van der Waals surface area contributed by atoms with Gasteiger partial charge in [-0.2, -0.15) is 0 Å². The average Bonchev–Trinajstić information content (AvgIpc) is 2.64. The third-order valence-electron chi connectivity index (χ3n) is 4.96. The maximum absolute atomic E-state index is 12.1. The van der Waals surface area contributed by atoms with Gasteiger partial charge < -0.3 is 20.6 Å². The molecule has 0 bridgehead atoms. The number of carbonyl (C=O) groups is 1. The fraction of sp³-hybridized carbons (Fsp3) is 0.667. The molecule has 0 fully saturated rings. The van der Waals surface area contributed by atoms with Crippen molar-refractivity contribution >= 4 is 11.6 Å². The first-order valence-corrected chi connectivity index (χ1v) is 10.6. The maximum Gasteiger partial charge on any atom is 0.353 e. The standard InChI is InChI=1S/C21H34N2O6/c1-2-3-4-5-6-7-8-9-10-11-12-13-14-22-21(27)18-16(24)15-17(25)19(20(18)26)23(28)29/h15,24-26H,2-14H2,1H3,(H,22,27). The van der Waals surface area contributed by atoms with Gasteiger partial charge in [0, 0.05) is 12.6 Å². The van der Waals surface area contributed by atoms with E-state index in [-0.39, 0.29) is 0 Å². The van der Waals surface area contributed by atoms with Gasteiger partial charge in [0.05, 0.1) is 4.92 Å². The van der Waals surface area contributed by atoms with E-state index in [1.165, 1.54) is 51.4 Å². The number of nitro groups is 1. The molecule has 1 rings (SSSR count). The summed E-state index contributed by atoms with van der Waals surface area (Å²) in [4.78, 5) is 22.0. The van der Waals surface area contributed by atoms with Gasteiger partial charge in [-0.25, -0.2) is 0 Å². The Labute approximate surface area is 172 Å². The average molecular weight is 411 g/mol. The van der Waals surface area contributed by atoms with Crippen LogP contribution in [0.5, 0.6) is 17.2 Å². The van der Waals surface area contributed by atoms with Crippen LogP contribution >= 0.6 is 0 Å². The molecule has 1 amide bonds. The molecule has 4 N–H and O–H groups in total. The molecule has 0 heterocycles. The van der Waals surface area contributed by atoms with Gasteiger partial charge in [0.25, 0.3) is 5.91 Å². The maximum atomic E-state index is 12.1. The fourth-order valence-corrected chi connectivity index (χ4v) is 3.29. The van der Waals surface area contributed by atoms with Crippen LogP contribution < -0.4 is 5.32 Å². The number of amides is 1. The number of phenols is 3. The molecule has 0 atom stereocenters. The summed E-state index contributed by atoms with van der Waals surface area (Å²) in [6.07, 6.45) is 14.3. The minimum Gasteiger partial charge on any atom is -0.507 e. The van der Waals surface area contributed by atoms with Crippen molar-refractivity contribution < 1.29 is 25.0 Å². The van der Waals surface area contributed by atoms with E-state index in [2.05, 4.69) is 12.2 Å². The van der Waals surface area contributed by atoms with Crippen molar-refractivity contribution in [1.82, 2.24) is 5.32 Å². The number of phenolic OH excluding ortho intramolecular Hbond substituents is 3. The molecule has 0 aromatic heterocycles. The number of aromatic hydroxyl groups is 3. The van der Waals surface area contributed by atoms with E-state index in [1.807, 2.05) is 0 Å². The van der Waals surface area contributed by atoms with Crippen molar-refractivity contribution in [3.8, 4) is 17.2 Å². The molecule has 1 aromatic rings. The van der Waals surface area contributed by atoms with Crippen LogP contribution in [0.15, 0.2) is 6.07 Å². The zero-order chi connectivity index (χ0) is 21.6. The van der Waals surface area contributed by atoms with Crippen LogP contribution in [0.25, 0.3) is 0 Å². The third-order valence-corrected chi connectivity index (χ3v) is 4.96. The van der Waals surface area contributed by atoms with E-state index in [9.17, 15) is 30.2 Å². The summed E-state index contributed by atoms with van der Waals surface area (Å²) in [7, 11) is 0. The number of hydrogen-bond donors (Lipinski definition) is 4. The quantitative estimate of drug-likeness (QED) is 0.180. The lowest BCUT2D eigenvalue weighted by molar-refractivity contribution is -0.386. The summed E-state index contributed by atoms with van der Waals surface area (Å²) in [6.45, 7) is 2.56. The van der Waals surface area contributed by atoms with E-state index in [1.54, 1.807) is 0 Å². The summed E-state index contributed by atoms with van der Waals surface area (Å²) < 4.78 is 0. The Morgan fingerprint density at radius 1 is 0.897 bits per heavy atom.